The van der Waals surface area contributed by atoms with E-state index in [1.165, 1.54) is 30.0 Å². The summed E-state index contributed by atoms with van der Waals surface area (Å²) in [5, 5.41) is 31.4. The molecule has 3 aromatic rings. The van der Waals surface area contributed by atoms with Crippen LogP contribution >= 0.6 is 0 Å². The first-order valence-corrected chi connectivity index (χ1v) is 9.90. The Labute approximate surface area is 174 Å². The third-order valence-electron chi connectivity index (χ3n) is 5.95. The molecule has 1 aromatic heterocycles. The van der Waals surface area contributed by atoms with Crippen molar-refractivity contribution in [2.24, 2.45) is 5.92 Å². The smallest absolute Gasteiger partial charge is 0.204 e. The van der Waals surface area contributed by atoms with Crippen LogP contribution < -0.4 is 5.43 Å². The van der Waals surface area contributed by atoms with Gasteiger partial charge < -0.3 is 19.7 Å². The molecule has 4 rings (SSSR count). The van der Waals surface area contributed by atoms with Gasteiger partial charge in [0, 0.05) is 17.5 Å². The second-order valence-corrected chi connectivity index (χ2v) is 8.09. The summed E-state index contributed by atoms with van der Waals surface area (Å²) in [6, 6.07) is 7.56. The first-order valence-electron chi connectivity index (χ1n) is 9.90. The van der Waals surface area contributed by atoms with E-state index in [9.17, 15) is 20.1 Å². The van der Waals surface area contributed by atoms with Crippen LogP contribution in [0.15, 0.2) is 69.6 Å². The van der Waals surface area contributed by atoms with Crippen LogP contribution in [-0.2, 0) is 0 Å². The van der Waals surface area contributed by atoms with Gasteiger partial charge >= 0.3 is 0 Å². The van der Waals surface area contributed by atoms with Crippen LogP contribution in [0.25, 0.3) is 22.1 Å². The molecular weight excluding hydrogens is 380 g/mol. The number of aromatic hydroxyl groups is 3. The predicted molar refractivity (Wildman–Crippen MR) is 117 cm³/mol. The maximum absolute atomic E-state index is 13.3. The fraction of sp³-hybridized carbons (Fsp3) is 0.240. The molecule has 154 valence electrons. The van der Waals surface area contributed by atoms with Crippen LogP contribution in [0.3, 0.4) is 0 Å². The zero-order valence-corrected chi connectivity index (χ0v) is 17.0. The highest BCUT2D eigenvalue weighted by atomic mass is 16.3. The quantitative estimate of drug-likeness (QED) is 0.495. The van der Waals surface area contributed by atoms with Gasteiger partial charge in [0.1, 0.15) is 34.5 Å². The van der Waals surface area contributed by atoms with Crippen LogP contribution in [0.5, 0.6) is 17.2 Å². The lowest BCUT2D eigenvalue weighted by Gasteiger charge is -2.31. The molecule has 3 N–H and O–H groups in total. The molecule has 0 saturated carbocycles. The minimum absolute atomic E-state index is 0.0328. The zero-order valence-electron chi connectivity index (χ0n) is 17.0. The van der Waals surface area contributed by atoms with E-state index in [-0.39, 0.29) is 45.6 Å². The molecule has 30 heavy (non-hydrogen) atoms. The molecule has 1 heterocycles. The number of fused-ring (bicyclic) bond motifs is 1. The Morgan fingerprint density at radius 2 is 1.87 bits per heavy atom. The number of phenolic OH excluding ortho intramolecular Hbond substituents is 3. The molecule has 0 saturated heterocycles. The van der Waals surface area contributed by atoms with Crippen molar-refractivity contribution in [3.63, 3.8) is 0 Å². The minimum Gasteiger partial charge on any atom is -0.508 e. The molecule has 0 spiro atoms. The Balaban J connectivity index is 1.97. The molecular formula is C25H24O5. The first kappa shape index (κ1) is 19.8. The zero-order chi connectivity index (χ0) is 21.6. The lowest BCUT2D eigenvalue weighted by Crippen LogP contribution is -2.17. The summed E-state index contributed by atoms with van der Waals surface area (Å²) in [4.78, 5) is 13.3. The number of allylic oxidation sites excluding steroid dienone is 3. The molecule has 1 aliphatic carbocycles. The van der Waals surface area contributed by atoms with E-state index in [0.29, 0.717) is 11.1 Å². The maximum Gasteiger partial charge on any atom is 0.204 e. The fourth-order valence-corrected chi connectivity index (χ4v) is 4.34. The van der Waals surface area contributed by atoms with E-state index in [2.05, 4.69) is 6.58 Å². The minimum atomic E-state index is -0.399. The molecule has 5 nitrogen and oxygen atoms in total. The number of phenols is 3. The van der Waals surface area contributed by atoms with E-state index < -0.39 is 5.43 Å². The summed E-state index contributed by atoms with van der Waals surface area (Å²) in [6.07, 6.45) is 5.13. The van der Waals surface area contributed by atoms with Gasteiger partial charge in [-0.1, -0.05) is 35.9 Å². The Kier molecular flexibility index (Phi) is 4.90. The first-order chi connectivity index (χ1) is 14.3. The molecule has 1 aliphatic rings. The van der Waals surface area contributed by atoms with Crippen molar-refractivity contribution in [2.45, 2.75) is 32.6 Å². The highest BCUT2D eigenvalue weighted by Gasteiger charge is 2.31. The van der Waals surface area contributed by atoms with Crippen LogP contribution in [0, 0.1) is 5.92 Å². The van der Waals surface area contributed by atoms with Crippen molar-refractivity contribution >= 4 is 11.0 Å². The molecule has 0 amide bonds. The Hall–Kier alpha value is -3.47. The van der Waals surface area contributed by atoms with E-state index in [1.54, 1.807) is 12.1 Å². The SMILES string of the molecule is C=C(C)C1CCC(C)=C[C@H]1c1c(O)cc2occ(-c3ccc(O)cc3)c(=O)c2c1O. The normalized spacial score (nSPS) is 18.9. The van der Waals surface area contributed by atoms with E-state index in [4.69, 9.17) is 4.42 Å². The van der Waals surface area contributed by atoms with Crippen LogP contribution in [0.1, 0.15) is 38.2 Å². The summed E-state index contributed by atoms with van der Waals surface area (Å²) >= 11 is 0. The summed E-state index contributed by atoms with van der Waals surface area (Å²) < 4.78 is 5.59. The largest absolute Gasteiger partial charge is 0.508 e. The Bertz CT molecular complexity index is 1230. The lowest BCUT2D eigenvalue weighted by molar-refractivity contribution is 0.408. The van der Waals surface area contributed by atoms with Crippen LogP contribution in [0.4, 0.5) is 0 Å². The van der Waals surface area contributed by atoms with Crippen molar-refractivity contribution in [3.8, 4) is 28.4 Å². The van der Waals surface area contributed by atoms with Gasteiger partial charge in [-0.2, -0.15) is 0 Å². The number of hydrogen-bond acceptors (Lipinski definition) is 5. The van der Waals surface area contributed by atoms with Crippen molar-refractivity contribution in [1.29, 1.82) is 0 Å². The van der Waals surface area contributed by atoms with Gasteiger partial charge in [-0.05, 0) is 50.3 Å². The van der Waals surface area contributed by atoms with E-state index in [1.807, 2.05) is 19.9 Å². The van der Waals surface area contributed by atoms with Gasteiger partial charge in [0.15, 0.2) is 0 Å². The molecule has 0 bridgehead atoms. The van der Waals surface area contributed by atoms with Gasteiger partial charge in [0.05, 0.1) is 5.56 Å². The summed E-state index contributed by atoms with van der Waals surface area (Å²) in [6.45, 7) is 8.05. The Morgan fingerprint density at radius 3 is 2.53 bits per heavy atom. The molecule has 2 aromatic carbocycles. The van der Waals surface area contributed by atoms with Crippen molar-refractivity contribution in [2.75, 3.05) is 0 Å². The van der Waals surface area contributed by atoms with Gasteiger partial charge in [-0.15, -0.1) is 0 Å². The van der Waals surface area contributed by atoms with Gasteiger partial charge in [0.25, 0.3) is 0 Å². The second kappa shape index (κ2) is 7.41. The van der Waals surface area contributed by atoms with Crippen molar-refractivity contribution in [1.82, 2.24) is 0 Å². The predicted octanol–water partition coefficient (Wildman–Crippen LogP) is 5.59. The molecule has 1 unspecified atom stereocenters. The van der Waals surface area contributed by atoms with Crippen molar-refractivity contribution < 1.29 is 19.7 Å². The van der Waals surface area contributed by atoms with E-state index >= 15 is 0 Å². The Morgan fingerprint density at radius 1 is 1.17 bits per heavy atom. The molecule has 0 radical (unpaired) electrons. The topological polar surface area (TPSA) is 90.9 Å². The third-order valence-corrected chi connectivity index (χ3v) is 5.95. The second-order valence-electron chi connectivity index (χ2n) is 8.09. The van der Waals surface area contributed by atoms with Crippen LogP contribution in [0.2, 0.25) is 0 Å². The standard InChI is InChI=1S/C25H24O5/c1-13(2)17-9-4-14(3)10-18(17)22-20(27)11-21-23(25(22)29)24(28)19(12-30-21)15-5-7-16(26)8-6-15/h5-8,10-12,17-18,26-27,29H,1,4,9H2,2-3H3/t17?,18-/m1/s1. The summed E-state index contributed by atoms with van der Waals surface area (Å²) in [7, 11) is 0. The average molecular weight is 404 g/mol. The lowest BCUT2D eigenvalue weighted by atomic mass is 9.73. The highest BCUT2D eigenvalue weighted by molar-refractivity contribution is 5.90. The highest BCUT2D eigenvalue weighted by Crippen LogP contribution is 2.48. The number of benzene rings is 2. The van der Waals surface area contributed by atoms with Gasteiger partial charge in [-0.25, -0.2) is 0 Å². The summed E-state index contributed by atoms with van der Waals surface area (Å²) in [5.41, 5.74) is 3.00. The molecule has 5 heteroatoms. The average Bonchev–Trinajstić information content (AvgIpc) is 2.68. The summed E-state index contributed by atoms with van der Waals surface area (Å²) in [5.74, 6) is -0.513. The molecule has 0 aliphatic heterocycles. The van der Waals surface area contributed by atoms with Gasteiger partial charge in [0.2, 0.25) is 5.43 Å². The van der Waals surface area contributed by atoms with E-state index in [0.717, 1.165) is 18.4 Å². The van der Waals surface area contributed by atoms with Gasteiger partial charge in [-0.3, -0.25) is 4.79 Å². The number of hydrogen-bond donors (Lipinski definition) is 3. The molecule has 2 atom stereocenters. The van der Waals surface area contributed by atoms with Crippen LogP contribution in [-0.4, -0.2) is 15.3 Å². The molecule has 0 fully saturated rings. The monoisotopic (exact) mass is 404 g/mol. The fourth-order valence-electron chi connectivity index (χ4n) is 4.34. The maximum atomic E-state index is 13.3. The number of rotatable bonds is 3. The third kappa shape index (κ3) is 3.26. The van der Waals surface area contributed by atoms with Crippen molar-refractivity contribution in [3.05, 3.63) is 76.2 Å².